The van der Waals surface area contributed by atoms with Gasteiger partial charge >= 0.3 is 0 Å². The largest absolute Gasteiger partial charge is 0.395 e. The van der Waals surface area contributed by atoms with Crippen molar-refractivity contribution in [2.75, 3.05) is 19.8 Å². The van der Waals surface area contributed by atoms with Gasteiger partial charge in [-0.05, 0) is 18.8 Å². The molecule has 0 radical (unpaired) electrons. The fourth-order valence-electron chi connectivity index (χ4n) is 2.34. The third kappa shape index (κ3) is 6.14. The number of ether oxygens (including phenoxy) is 1. The Kier molecular flexibility index (Phi) is 7.82. The first-order valence-electron chi connectivity index (χ1n) is 7.27. The molecule has 0 aromatic rings. The number of aliphatic hydroxyl groups is 2. The standard InChI is InChI=1S/C14H29NO3/c1-11(2)14(9-16)15-8-12(17)10-18-13-6-4-3-5-7-13/h11-17H,3-10H2,1-2H3. The summed E-state index contributed by atoms with van der Waals surface area (Å²) in [5.41, 5.74) is 0. The maximum atomic E-state index is 9.84. The molecular formula is C14H29NO3. The van der Waals surface area contributed by atoms with Crippen molar-refractivity contribution in [2.45, 2.75) is 64.2 Å². The van der Waals surface area contributed by atoms with Crippen LogP contribution >= 0.6 is 0 Å². The number of hydrogen-bond donors (Lipinski definition) is 3. The van der Waals surface area contributed by atoms with Gasteiger partial charge in [-0.25, -0.2) is 0 Å². The van der Waals surface area contributed by atoms with Crippen molar-refractivity contribution in [2.24, 2.45) is 5.92 Å². The summed E-state index contributed by atoms with van der Waals surface area (Å²) in [5, 5.41) is 22.2. The normalized spacial score (nSPS) is 21.2. The molecule has 0 heterocycles. The van der Waals surface area contributed by atoms with Crippen LogP contribution in [0.15, 0.2) is 0 Å². The van der Waals surface area contributed by atoms with E-state index >= 15 is 0 Å². The molecule has 0 amide bonds. The van der Waals surface area contributed by atoms with Gasteiger partial charge in [-0.1, -0.05) is 33.1 Å². The van der Waals surface area contributed by atoms with Crippen molar-refractivity contribution in [1.82, 2.24) is 5.32 Å². The van der Waals surface area contributed by atoms with Gasteiger partial charge in [0.2, 0.25) is 0 Å². The Hall–Kier alpha value is -0.160. The minimum atomic E-state index is -0.486. The predicted molar refractivity (Wildman–Crippen MR) is 72.5 cm³/mol. The van der Waals surface area contributed by atoms with Crippen molar-refractivity contribution in [3.8, 4) is 0 Å². The van der Waals surface area contributed by atoms with Gasteiger partial charge in [0.25, 0.3) is 0 Å². The Morgan fingerprint density at radius 2 is 1.89 bits per heavy atom. The van der Waals surface area contributed by atoms with Crippen LogP contribution in [-0.2, 0) is 4.74 Å². The van der Waals surface area contributed by atoms with E-state index < -0.39 is 6.10 Å². The highest BCUT2D eigenvalue weighted by molar-refractivity contribution is 4.72. The van der Waals surface area contributed by atoms with Gasteiger partial charge in [0.1, 0.15) is 0 Å². The molecule has 0 aliphatic heterocycles. The average Bonchev–Trinajstić information content (AvgIpc) is 2.38. The second-order valence-corrected chi connectivity index (χ2v) is 5.69. The summed E-state index contributed by atoms with van der Waals surface area (Å²) in [6.07, 6.45) is 5.93. The number of rotatable bonds is 8. The van der Waals surface area contributed by atoms with E-state index in [1.165, 1.54) is 19.3 Å². The second kappa shape index (κ2) is 8.86. The highest BCUT2D eigenvalue weighted by atomic mass is 16.5. The summed E-state index contributed by atoms with van der Waals surface area (Å²) >= 11 is 0. The molecule has 0 aromatic carbocycles. The lowest BCUT2D eigenvalue weighted by atomic mass is 9.98. The zero-order valence-electron chi connectivity index (χ0n) is 11.8. The predicted octanol–water partition coefficient (Wildman–Crippen LogP) is 1.30. The molecule has 0 bridgehead atoms. The van der Waals surface area contributed by atoms with Crippen molar-refractivity contribution < 1.29 is 14.9 Å². The molecule has 1 aliphatic carbocycles. The monoisotopic (exact) mass is 259 g/mol. The van der Waals surface area contributed by atoms with E-state index in [4.69, 9.17) is 9.84 Å². The molecule has 4 nitrogen and oxygen atoms in total. The Bertz CT molecular complexity index is 205. The lowest BCUT2D eigenvalue weighted by Crippen LogP contribution is -2.42. The van der Waals surface area contributed by atoms with E-state index in [9.17, 15) is 5.11 Å². The summed E-state index contributed by atoms with van der Waals surface area (Å²) < 4.78 is 5.72. The number of hydrogen-bond acceptors (Lipinski definition) is 4. The Labute approximate surface area is 111 Å². The molecule has 18 heavy (non-hydrogen) atoms. The van der Waals surface area contributed by atoms with Crippen LogP contribution in [0.25, 0.3) is 0 Å². The first kappa shape index (κ1) is 15.9. The molecule has 108 valence electrons. The molecular weight excluding hydrogens is 230 g/mol. The van der Waals surface area contributed by atoms with E-state index in [1.54, 1.807) is 0 Å². The summed E-state index contributed by atoms with van der Waals surface area (Å²) in [7, 11) is 0. The SMILES string of the molecule is CC(C)C(CO)NCC(O)COC1CCCCC1. The van der Waals surface area contributed by atoms with Crippen LogP contribution in [0.5, 0.6) is 0 Å². The minimum absolute atomic E-state index is 0.0503. The highest BCUT2D eigenvalue weighted by Crippen LogP contribution is 2.20. The van der Waals surface area contributed by atoms with E-state index in [2.05, 4.69) is 19.2 Å². The van der Waals surface area contributed by atoms with Gasteiger partial charge in [-0.3, -0.25) is 0 Å². The van der Waals surface area contributed by atoms with Crippen LogP contribution in [0, 0.1) is 5.92 Å². The molecule has 1 rings (SSSR count). The van der Waals surface area contributed by atoms with Crippen molar-refractivity contribution in [3.63, 3.8) is 0 Å². The minimum Gasteiger partial charge on any atom is -0.395 e. The molecule has 2 unspecified atom stereocenters. The Morgan fingerprint density at radius 3 is 2.44 bits per heavy atom. The van der Waals surface area contributed by atoms with Crippen LogP contribution < -0.4 is 5.32 Å². The van der Waals surface area contributed by atoms with Crippen molar-refractivity contribution in [1.29, 1.82) is 0 Å². The molecule has 0 aromatic heterocycles. The summed E-state index contributed by atoms with van der Waals surface area (Å²) in [4.78, 5) is 0. The summed E-state index contributed by atoms with van der Waals surface area (Å²) in [6, 6.07) is 0.0503. The molecule has 0 spiro atoms. The third-order valence-electron chi connectivity index (χ3n) is 3.69. The lowest BCUT2D eigenvalue weighted by molar-refractivity contribution is -0.0244. The molecule has 4 heteroatoms. The summed E-state index contributed by atoms with van der Waals surface area (Å²) in [6.45, 7) is 5.09. The van der Waals surface area contributed by atoms with Crippen LogP contribution in [0.3, 0.4) is 0 Å². The van der Waals surface area contributed by atoms with Crippen molar-refractivity contribution in [3.05, 3.63) is 0 Å². The topological polar surface area (TPSA) is 61.7 Å². The van der Waals surface area contributed by atoms with E-state index in [0.717, 1.165) is 12.8 Å². The van der Waals surface area contributed by atoms with Gasteiger partial charge in [-0.15, -0.1) is 0 Å². The van der Waals surface area contributed by atoms with E-state index in [1.807, 2.05) is 0 Å². The molecule has 1 aliphatic rings. The third-order valence-corrected chi connectivity index (χ3v) is 3.69. The van der Waals surface area contributed by atoms with Crippen LogP contribution in [0.1, 0.15) is 46.0 Å². The maximum Gasteiger partial charge on any atom is 0.0897 e. The van der Waals surface area contributed by atoms with Crippen LogP contribution in [0.2, 0.25) is 0 Å². The van der Waals surface area contributed by atoms with Gasteiger partial charge < -0.3 is 20.3 Å². The van der Waals surface area contributed by atoms with Crippen LogP contribution in [0.4, 0.5) is 0 Å². The Balaban J connectivity index is 2.10. The van der Waals surface area contributed by atoms with E-state index in [-0.39, 0.29) is 12.6 Å². The van der Waals surface area contributed by atoms with Crippen molar-refractivity contribution >= 4 is 0 Å². The number of nitrogens with one attached hydrogen (secondary N) is 1. The fraction of sp³-hybridized carbons (Fsp3) is 1.00. The average molecular weight is 259 g/mol. The molecule has 1 fully saturated rings. The first-order valence-corrected chi connectivity index (χ1v) is 7.27. The molecule has 1 saturated carbocycles. The summed E-state index contributed by atoms with van der Waals surface area (Å²) in [5.74, 6) is 0.362. The number of aliphatic hydroxyl groups excluding tert-OH is 2. The van der Waals surface area contributed by atoms with Gasteiger partial charge in [0.15, 0.2) is 0 Å². The smallest absolute Gasteiger partial charge is 0.0897 e. The lowest BCUT2D eigenvalue weighted by Gasteiger charge is -2.25. The second-order valence-electron chi connectivity index (χ2n) is 5.69. The van der Waals surface area contributed by atoms with Gasteiger partial charge in [0.05, 0.1) is 25.4 Å². The van der Waals surface area contributed by atoms with Crippen LogP contribution in [-0.4, -0.2) is 48.2 Å². The quantitative estimate of drug-likeness (QED) is 0.615. The zero-order chi connectivity index (χ0) is 13.4. The van der Waals surface area contributed by atoms with Gasteiger partial charge in [0, 0.05) is 12.6 Å². The maximum absolute atomic E-state index is 9.84. The first-order chi connectivity index (χ1) is 8.63. The van der Waals surface area contributed by atoms with Gasteiger partial charge in [-0.2, -0.15) is 0 Å². The highest BCUT2D eigenvalue weighted by Gasteiger charge is 2.17. The Morgan fingerprint density at radius 1 is 1.22 bits per heavy atom. The molecule has 3 N–H and O–H groups in total. The molecule has 0 saturated heterocycles. The van der Waals surface area contributed by atoms with E-state index in [0.29, 0.717) is 25.2 Å². The molecule has 2 atom stereocenters. The fourth-order valence-corrected chi connectivity index (χ4v) is 2.34. The zero-order valence-corrected chi connectivity index (χ0v) is 11.8.